The first-order chi connectivity index (χ1) is 16.0. The third-order valence-electron chi connectivity index (χ3n) is 4.75. The third-order valence-corrected chi connectivity index (χ3v) is 5.91. The van der Waals surface area contributed by atoms with E-state index in [0.717, 1.165) is 22.2 Å². The van der Waals surface area contributed by atoms with Gasteiger partial charge in [0.2, 0.25) is 5.91 Å². The smallest absolute Gasteiger partial charge is 0.294 e. The monoisotopic (exact) mass is 478 g/mol. The number of imide groups is 1. The number of nitrogens with one attached hydrogen (secondary N) is 1. The summed E-state index contributed by atoms with van der Waals surface area (Å²) in [6.07, 6.45) is 1.61. The molecule has 6 nitrogen and oxygen atoms in total. The Morgan fingerprint density at radius 2 is 1.67 bits per heavy atom. The summed E-state index contributed by atoms with van der Waals surface area (Å²) in [4.78, 5) is 38.7. The maximum Gasteiger partial charge on any atom is 0.294 e. The third kappa shape index (κ3) is 5.83. The normalized spacial score (nSPS) is 14.6. The quantitative estimate of drug-likeness (QED) is 0.448. The first-order valence-corrected chi connectivity index (χ1v) is 11.3. The number of para-hydroxylation sites is 2. The molecule has 0 bridgehead atoms. The fourth-order valence-corrected chi connectivity index (χ4v) is 4.07. The van der Waals surface area contributed by atoms with Crippen LogP contribution in [0.25, 0.3) is 6.08 Å². The predicted molar refractivity (Wildman–Crippen MR) is 130 cm³/mol. The molecule has 4 rings (SSSR count). The molecule has 3 amide bonds. The van der Waals surface area contributed by atoms with Crippen LogP contribution < -0.4 is 10.1 Å². The van der Waals surface area contributed by atoms with Crippen LogP contribution in [0.1, 0.15) is 11.1 Å². The van der Waals surface area contributed by atoms with E-state index in [0.29, 0.717) is 28.6 Å². The SMILES string of the molecule is O=C(CN1C(=O)S/C(=C\c2ccccc2OCc2ccc(Cl)cc2)C1=O)Nc1ccccc1. The van der Waals surface area contributed by atoms with Gasteiger partial charge in [-0.1, -0.05) is 60.1 Å². The van der Waals surface area contributed by atoms with Crippen molar-refractivity contribution in [3.63, 3.8) is 0 Å². The predicted octanol–water partition coefficient (Wildman–Crippen LogP) is 5.59. The Labute approximate surface area is 200 Å². The van der Waals surface area contributed by atoms with Crippen LogP contribution in [0.3, 0.4) is 0 Å². The van der Waals surface area contributed by atoms with Crippen molar-refractivity contribution in [3.8, 4) is 5.75 Å². The molecular formula is C25H19ClN2O4S. The van der Waals surface area contributed by atoms with E-state index in [1.54, 1.807) is 54.6 Å². The largest absolute Gasteiger partial charge is 0.488 e. The lowest BCUT2D eigenvalue weighted by Crippen LogP contribution is -2.36. The van der Waals surface area contributed by atoms with Crippen LogP contribution in [0.4, 0.5) is 10.5 Å². The number of carbonyl (C=O) groups is 3. The molecule has 1 heterocycles. The van der Waals surface area contributed by atoms with E-state index in [1.807, 2.05) is 30.3 Å². The Bertz CT molecular complexity index is 1210. The first kappa shape index (κ1) is 22.6. The molecule has 0 unspecified atom stereocenters. The van der Waals surface area contributed by atoms with Gasteiger partial charge >= 0.3 is 0 Å². The molecule has 33 heavy (non-hydrogen) atoms. The Balaban J connectivity index is 1.45. The van der Waals surface area contributed by atoms with Gasteiger partial charge in [-0.3, -0.25) is 19.3 Å². The summed E-state index contributed by atoms with van der Waals surface area (Å²) in [6.45, 7) is -0.0330. The Morgan fingerprint density at radius 1 is 0.970 bits per heavy atom. The Kier molecular flexibility index (Phi) is 7.12. The summed E-state index contributed by atoms with van der Waals surface area (Å²) in [5.41, 5.74) is 2.20. The summed E-state index contributed by atoms with van der Waals surface area (Å²) in [7, 11) is 0. The molecular weight excluding hydrogens is 460 g/mol. The zero-order chi connectivity index (χ0) is 23.2. The minimum absolute atomic E-state index is 0.232. The number of rotatable bonds is 7. The van der Waals surface area contributed by atoms with Crippen molar-refractivity contribution >= 4 is 52.2 Å². The lowest BCUT2D eigenvalue weighted by atomic mass is 10.1. The number of hydrogen-bond acceptors (Lipinski definition) is 5. The fraction of sp³-hybridized carbons (Fsp3) is 0.0800. The molecule has 1 aliphatic rings. The number of halogens is 1. The number of ether oxygens (including phenoxy) is 1. The summed E-state index contributed by atoms with van der Waals surface area (Å²) in [5.74, 6) is -0.391. The average molecular weight is 479 g/mol. The molecule has 1 fully saturated rings. The van der Waals surface area contributed by atoms with Crippen LogP contribution in [0.15, 0.2) is 83.8 Å². The molecule has 1 aliphatic heterocycles. The average Bonchev–Trinajstić information content (AvgIpc) is 3.07. The zero-order valence-corrected chi connectivity index (χ0v) is 18.9. The number of amides is 3. The maximum atomic E-state index is 12.8. The molecule has 0 aromatic heterocycles. The summed E-state index contributed by atoms with van der Waals surface area (Å²) in [6, 6.07) is 23.4. The van der Waals surface area contributed by atoms with E-state index in [9.17, 15) is 14.4 Å². The highest BCUT2D eigenvalue weighted by Crippen LogP contribution is 2.34. The van der Waals surface area contributed by atoms with E-state index in [4.69, 9.17) is 16.3 Å². The van der Waals surface area contributed by atoms with Crippen molar-refractivity contribution in [3.05, 3.63) is 99.9 Å². The second-order valence-electron chi connectivity index (χ2n) is 7.14. The number of carbonyl (C=O) groups excluding carboxylic acids is 3. The summed E-state index contributed by atoms with van der Waals surface area (Å²) in [5, 5.41) is 2.83. The first-order valence-electron chi connectivity index (χ1n) is 10.1. The van der Waals surface area contributed by atoms with Crippen molar-refractivity contribution in [1.29, 1.82) is 0 Å². The minimum atomic E-state index is -0.513. The molecule has 0 aliphatic carbocycles. The summed E-state index contributed by atoms with van der Waals surface area (Å²) < 4.78 is 5.92. The Morgan fingerprint density at radius 3 is 2.42 bits per heavy atom. The van der Waals surface area contributed by atoms with Gasteiger partial charge in [0.25, 0.3) is 11.1 Å². The molecule has 8 heteroatoms. The highest BCUT2D eigenvalue weighted by Gasteiger charge is 2.36. The van der Waals surface area contributed by atoms with Crippen LogP contribution in [0.5, 0.6) is 5.75 Å². The molecule has 1 N–H and O–H groups in total. The topological polar surface area (TPSA) is 75.7 Å². The van der Waals surface area contributed by atoms with Crippen LogP contribution in [-0.4, -0.2) is 28.5 Å². The molecule has 0 saturated carbocycles. The van der Waals surface area contributed by atoms with Crippen LogP contribution in [0, 0.1) is 0 Å². The standard InChI is InChI=1S/C25H19ClN2O4S/c26-19-12-10-17(11-13-19)16-32-21-9-5-4-6-18(21)14-22-24(30)28(25(31)33-22)15-23(29)27-20-7-2-1-3-8-20/h1-14H,15-16H2,(H,27,29)/b22-14-. The van der Waals surface area contributed by atoms with E-state index in [1.165, 1.54) is 0 Å². The highest BCUT2D eigenvalue weighted by atomic mass is 35.5. The van der Waals surface area contributed by atoms with E-state index in [2.05, 4.69) is 5.32 Å². The van der Waals surface area contributed by atoms with E-state index >= 15 is 0 Å². The number of anilines is 1. The second kappa shape index (κ2) is 10.4. The van der Waals surface area contributed by atoms with Crippen molar-refractivity contribution in [2.24, 2.45) is 0 Å². The number of nitrogens with zero attached hydrogens (tertiary/aromatic N) is 1. The van der Waals surface area contributed by atoms with Gasteiger partial charge in [0.1, 0.15) is 18.9 Å². The Hall–Kier alpha value is -3.55. The molecule has 3 aromatic rings. The molecule has 0 spiro atoms. The van der Waals surface area contributed by atoms with Crippen molar-refractivity contribution in [1.82, 2.24) is 4.90 Å². The highest BCUT2D eigenvalue weighted by molar-refractivity contribution is 8.18. The molecule has 0 atom stereocenters. The lowest BCUT2D eigenvalue weighted by molar-refractivity contribution is -0.127. The van der Waals surface area contributed by atoms with Gasteiger partial charge in [-0.25, -0.2) is 0 Å². The van der Waals surface area contributed by atoms with Crippen molar-refractivity contribution < 1.29 is 19.1 Å². The minimum Gasteiger partial charge on any atom is -0.488 e. The zero-order valence-electron chi connectivity index (χ0n) is 17.4. The van der Waals surface area contributed by atoms with Gasteiger partial charge in [0.15, 0.2) is 0 Å². The van der Waals surface area contributed by atoms with Gasteiger partial charge in [0.05, 0.1) is 4.91 Å². The molecule has 3 aromatic carbocycles. The van der Waals surface area contributed by atoms with E-state index in [-0.39, 0.29) is 11.4 Å². The lowest BCUT2D eigenvalue weighted by Gasteiger charge is -2.12. The molecule has 1 saturated heterocycles. The van der Waals surface area contributed by atoms with Crippen molar-refractivity contribution in [2.45, 2.75) is 6.61 Å². The fourth-order valence-electron chi connectivity index (χ4n) is 3.12. The maximum absolute atomic E-state index is 12.8. The molecule has 0 radical (unpaired) electrons. The van der Waals surface area contributed by atoms with Gasteiger partial charge in [0, 0.05) is 16.3 Å². The summed E-state index contributed by atoms with van der Waals surface area (Å²) >= 11 is 6.72. The van der Waals surface area contributed by atoms with Crippen LogP contribution in [-0.2, 0) is 16.2 Å². The number of benzene rings is 3. The van der Waals surface area contributed by atoms with E-state index < -0.39 is 17.1 Å². The van der Waals surface area contributed by atoms with Gasteiger partial charge in [-0.15, -0.1) is 0 Å². The van der Waals surface area contributed by atoms with Gasteiger partial charge in [-0.05, 0) is 53.7 Å². The van der Waals surface area contributed by atoms with Crippen LogP contribution in [0.2, 0.25) is 5.02 Å². The van der Waals surface area contributed by atoms with Crippen LogP contribution >= 0.6 is 23.4 Å². The van der Waals surface area contributed by atoms with Gasteiger partial charge in [-0.2, -0.15) is 0 Å². The van der Waals surface area contributed by atoms with Gasteiger partial charge < -0.3 is 10.1 Å². The second-order valence-corrected chi connectivity index (χ2v) is 8.56. The molecule has 166 valence electrons. The number of thioether (sulfide) groups is 1. The van der Waals surface area contributed by atoms with Crippen molar-refractivity contribution in [2.75, 3.05) is 11.9 Å². The number of hydrogen-bond donors (Lipinski definition) is 1.